The molecule has 0 aromatic heterocycles. The quantitative estimate of drug-likeness (QED) is 0.737. The molecule has 0 amide bonds. The van der Waals surface area contributed by atoms with Crippen LogP contribution in [0.4, 0.5) is 0 Å². The van der Waals surface area contributed by atoms with Crippen LogP contribution in [0.2, 0.25) is 0 Å². The van der Waals surface area contributed by atoms with Crippen LogP contribution in [-0.2, 0) is 16.1 Å². The number of ether oxygens (including phenoxy) is 1. The van der Waals surface area contributed by atoms with Crippen molar-refractivity contribution in [1.29, 1.82) is 0 Å². The molecule has 3 nitrogen and oxygen atoms in total. The Bertz CT molecular complexity index is 324. The molecule has 3 heteroatoms. The second-order valence-electron chi connectivity index (χ2n) is 3.97. The normalized spacial score (nSPS) is 12.1. The molecule has 0 bridgehead atoms. The van der Waals surface area contributed by atoms with Gasteiger partial charge in [0.25, 0.3) is 0 Å². The van der Waals surface area contributed by atoms with Gasteiger partial charge in [-0.1, -0.05) is 37.3 Å². The van der Waals surface area contributed by atoms with Gasteiger partial charge in [-0.05, 0) is 18.9 Å². The van der Waals surface area contributed by atoms with Crippen LogP contribution in [0.25, 0.3) is 0 Å². The number of benzene rings is 1. The SMILES string of the molecule is CCOC(=O)C(CC)CNCc1ccccc1. The van der Waals surface area contributed by atoms with Crippen molar-refractivity contribution in [2.75, 3.05) is 13.2 Å². The molecule has 0 aliphatic heterocycles. The molecule has 0 aliphatic rings. The first-order chi connectivity index (χ1) is 8.27. The van der Waals surface area contributed by atoms with Gasteiger partial charge in [0.1, 0.15) is 0 Å². The highest BCUT2D eigenvalue weighted by Gasteiger charge is 2.16. The smallest absolute Gasteiger partial charge is 0.310 e. The fraction of sp³-hybridized carbons (Fsp3) is 0.500. The molecular weight excluding hydrogens is 214 g/mol. The van der Waals surface area contributed by atoms with E-state index in [1.165, 1.54) is 5.56 Å². The number of hydrogen-bond donors (Lipinski definition) is 1. The Morgan fingerprint density at radius 3 is 2.59 bits per heavy atom. The Balaban J connectivity index is 2.31. The van der Waals surface area contributed by atoms with Crippen LogP contribution in [0.15, 0.2) is 30.3 Å². The van der Waals surface area contributed by atoms with Crippen molar-refractivity contribution in [2.45, 2.75) is 26.8 Å². The van der Waals surface area contributed by atoms with Gasteiger partial charge in [0.2, 0.25) is 0 Å². The Morgan fingerprint density at radius 1 is 1.29 bits per heavy atom. The third-order valence-electron chi connectivity index (χ3n) is 2.68. The fourth-order valence-electron chi connectivity index (χ4n) is 1.64. The largest absolute Gasteiger partial charge is 0.466 e. The molecule has 1 N–H and O–H groups in total. The van der Waals surface area contributed by atoms with Crippen molar-refractivity contribution in [3.63, 3.8) is 0 Å². The van der Waals surface area contributed by atoms with Crippen LogP contribution >= 0.6 is 0 Å². The third-order valence-corrected chi connectivity index (χ3v) is 2.68. The maximum atomic E-state index is 11.6. The average Bonchev–Trinajstić information content (AvgIpc) is 2.36. The first kappa shape index (κ1) is 13.7. The van der Waals surface area contributed by atoms with E-state index in [-0.39, 0.29) is 11.9 Å². The van der Waals surface area contributed by atoms with Crippen LogP contribution < -0.4 is 5.32 Å². The lowest BCUT2D eigenvalue weighted by Gasteiger charge is -2.14. The number of hydrogen-bond acceptors (Lipinski definition) is 3. The van der Waals surface area contributed by atoms with Crippen LogP contribution in [-0.4, -0.2) is 19.1 Å². The minimum atomic E-state index is -0.101. The molecule has 17 heavy (non-hydrogen) atoms. The molecule has 94 valence electrons. The molecule has 1 rings (SSSR count). The lowest BCUT2D eigenvalue weighted by atomic mass is 10.1. The van der Waals surface area contributed by atoms with Gasteiger partial charge in [0.05, 0.1) is 12.5 Å². The summed E-state index contributed by atoms with van der Waals surface area (Å²) in [6.45, 7) is 5.75. The van der Waals surface area contributed by atoms with E-state index in [0.29, 0.717) is 13.2 Å². The van der Waals surface area contributed by atoms with Gasteiger partial charge in [0, 0.05) is 13.1 Å². The standard InChI is InChI=1S/C14H21NO2/c1-3-13(14(16)17-4-2)11-15-10-12-8-6-5-7-9-12/h5-9,13,15H,3-4,10-11H2,1-2H3. The molecule has 0 aliphatic carbocycles. The summed E-state index contributed by atoms with van der Waals surface area (Å²) in [5.74, 6) is -0.144. The van der Waals surface area contributed by atoms with E-state index >= 15 is 0 Å². The van der Waals surface area contributed by atoms with E-state index in [2.05, 4.69) is 17.4 Å². The number of nitrogens with one attached hydrogen (secondary N) is 1. The average molecular weight is 235 g/mol. The van der Waals surface area contributed by atoms with Crippen LogP contribution in [0.5, 0.6) is 0 Å². The van der Waals surface area contributed by atoms with E-state index in [1.807, 2.05) is 32.0 Å². The molecule has 0 saturated heterocycles. The predicted octanol–water partition coefficient (Wildman–Crippen LogP) is 2.37. The number of esters is 1. The second kappa shape index (κ2) is 7.85. The summed E-state index contributed by atoms with van der Waals surface area (Å²) < 4.78 is 5.02. The highest BCUT2D eigenvalue weighted by atomic mass is 16.5. The summed E-state index contributed by atoms with van der Waals surface area (Å²) in [6, 6.07) is 10.2. The van der Waals surface area contributed by atoms with Crippen LogP contribution in [0.1, 0.15) is 25.8 Å². The van der Waals surface area contributed by atoms with Crippen molar-refractivity contribution in [3.05, 3.63) is 35.9 Å². The fourth-order valence-corrected chi connectivity index (χ4v) is 1.64. The topological polar surface area (TPSA) is 38.3 Å². The molecule has 1 unspecified atom stereocenters. The zero-order chi connectivity index (χ0) is 12.5. The lowest BCUT2D eigenvalue weighted by Crippen LogP contribution is -2.29. The maximum absolute atomic E-state index is 11.6. The van der Waals surface area contributed by atoms with Crippen molar-refractivity contribution in [2.24, 2.45) is 5.92 Å². The third kappa shape index (κ3) is 5.00. The minimum Gasteiger partial charge on any atom is -0.466 e. The monoisotopic (exact) mass is 235 g/mol. The second-order valence-corrected chi connectivity index (χ2v) is 3.97. The molecule has 0 fully saturated rings. The Hall–Kier alpha value is -1.35. The molecule has 1 aromatic rings. The zero-order valence-electron chi connectivity index (χ0n) is 10.6. The van der Waals surface area contributed by atoms with E-state index in [0.717, 1.165) is 13.0 Å². The highest BCUT2D eigenvalue weighted by Crippen LogP contribution is 2.05. The van der Waals surface area contributed by atoms with Crippen molar-refractivity contribution in [3.8, 4) is 0 Å². The van der Waals surface area contributed by atoms with Gasteiger partial charge in [-0.2, -0.15) is 0 Å². The van der Waals surface area contributed by atoms with Crippen molar-refractivity contribution in [1.82, 2.24) is 5.32 Å². The summed E-state index contributed by atoms with van der Waals surface area (Å²) in [5.41, 5.74) is 1.23. The van der Waals surface area contributed by atoms with Gasteiger partial charge in [-0.25, -0.2) is 0 Å². The molecule has 0 heterocycles. The Labute approximate surface area is 103 Å². The van der Waals surface area contributed by atoms with E-state index in [4.69, 9.17) is 4.74 Å². The molecule has 1 aromatic carbocycles. The van der Waals surface area contributed by atoms with Crippen molar-refractivity contribution >= 4 is 5.97 Å². The Morgan fingerprint density at radius 2 is 2.00 bits per heavy atom. The van der Waals surface area contributed by atoms with Crippen LogP contribution in [0.3, 0.4) is 0 Å². The van der Waals surface area contributed by atoms with Gasteiger partial charge < -0.3 is 10.1 Å². The van der Waals surface area contributed by atoms with Gasteiger partial charge in [-0.15, -0.1) is 0 Å². The maximum Gasteiger partial charge on any atom is 0.310 e. The lowest BCUT2D eigenvalue weighted by molar-refractivity contribution is -0.147. The molecule has 1 atom stereocenters. The summed E-state index contributed by atoms with van der Waals surface area (Å²) >= 11 is 0. The number of rotatable bonds is 7. The van der Waals surface area contributed by atoms with E-state index in [1.54, 1.807) is 0 Å². The Kier molecular flexibility index (Phi) is 6.33. The molecular formula is C14H21NO2. The number of carbonyl (C=O) groups is 1. The molecule has 0 saturated carbocycles. The summed E-state index contributed by atoms with van der Waals surface area (Å²) in [4.78, 5) is 11.6. The molecule has 0 spiro atoms. The van der Waals surface area contributed by atoms with Crippen LogP contribution in [0, 0.1) is 5.92 Å². The van der Waals surface area contributed by atoms with Gasteiger partial charge in [-0.3, -0.25) is 4.79 Å². The van der Waals surface area contributed by atoms with Gasteiger partial charge >= 0.3 is 5.97 Å². The summed E-state index contributed by atoms with van der Waals surface area (Å²) in [7, 11) is 0. The summed E-state index contributed by atoms with van der Waals surface area (Å²) in [5, 5.41) is 3.29. The zero-order valence-corrected chi connectivity index (χ0v) is 10.6. The van der Waals surface area contributed by atoms with Gasteiger partial charge in [0.15, 0.2) is 0 Å². The van der Waals surface area contributed by atoms with Crippen molar-refractivity contribution < 1.29 is 9.53 Å². The highest BCUT2D eigenvalue weighted by molar-refractivity contribution is 5.72. The van der Waals surface area contributed by atoms with E-state index < -0.39 is 0 Å². The minimum absolute atomic E-state index is 0.0429. The molecule has 0 radical (unpaired) electrons. The first-order valence-electron chi connectivity index (χ1n) is 6.19. The number of carbonyl (C=O) groups excluding carboxylic acids is 1. The first-order valence-corrected chi connectivity index (χ1v) is 6.19. The summed E-state index contributed by atoms with van der Waals surface area (Å²) in [6.07, 6.45) is 0.806. The predicted molar refractivity (Wildman–Crippen MR) is 68.6 cm³/mol. The van der Waals surface area contributed by atoms with E-state index in [9.17, 15) is 4.79 Å².